The number of carbonyl (C=O) groups is 1. The minimum atomic E-state index is -3.65. The highest BCUT2D eigenvalue weighted by Gasteiger charge is 2.26. The van der Waals surface area contributed by atoms with Crippen molar-refractivity contribution in [1.29, 1.82) is 0 Å². The number of sulfonamides is 1. The summed E-state index contributed by atoms with van der Waals surface area (Å²) in [6, 6.07) is 10.1. The van der Waals surface area contributed by atoms with Gasteiger partial charge >= 0.3 is 0 Å². The maximum atomic E-state index is 13.9. The molecule has 11 heteroatoms. The first-order valence-electron chi connectivity index (χ1n) is 14.5. The first kappa shape index (κ1) is 31.8. The number of rotatable bonds is 14. The number of benzene rings is 2. The van der Waals surface area contributed by atoms with E-state index < -0.39 is 10.0 Å². The van der Waals surface area contributed by atoms with Crippen LogP contribution in [0.3, 0.4) is 0 Å². The van der Waals surface area contributed by atoms with Gasteiger partial charge in [0.2, 0.25) is 10.0 Å². The Morgan fingerprint density at radius 2 is 1.66 bits per heavy atom. The third-order valence-electron chi connectivity index (χ3n) is 7.38. The molecule has 8 nitrogen and oxygen atoms in total. The maximum Gasteiger partial charge on any atom is 0.260 e. The lowest BCUT2D eigenvalue weighted by Crippen LogP contribution is -2.39. The third-order valence-corrected chi connectivity index (χ3v) is 10.8. The normalized spacial score (nSPS) is 14.7. The van der Waals surface area contributed by atoms with Gasteiger partial charge < -0.3 is 4.74 Å². The molecule has 1 saturated heterocycles. The quantitative estimate of drug-likeness (QED) is 0.213. The van der Waals surface area contributed by atoms with Gasteiger partial charge in [-0.3, -0.25) is 14.6 Å². The van der Waals surface area contributed by atoms with Crippen LogP contribution in [-0.4, -0.2) is 81.0 Å². The van der Waals surface area contributed by atoms with Crippen molar-refractivity contribution in [3.63, 3.8) is 0 Å². The number of morpholine rings is 1. The predicted octanol–water partition coefficient (Wildman–Crippen LogP) is 6.22. The summed E-state index contributed by atoms with van der Waals surface area (Å²) in [7, 11) is -3.65. The van der Waals surface area contributed by atoms with Crippen molar-refractivity contribution in [3.05, 3.63) is 52.5 Å². The largest absolute Gasteiger partial charge is 0.379 e. The van der Waals surface area contributed by atoms with Gasteiger partial charge in [-0.05, 0) is 62.1 Å². The summed E-state index contributed by atoms with van der Waals surface area (Å²) in [5.74, 6) is -0.211. The molecule has 0 saturated carbocycles. The summed E-state index contributed by atoms with van der Waals surface area (Å²) in [5, 5.41) is 1.20. The number of amides is 1. The van der Waals surface area contributed by atoms with Crippen LogP contribution in [0.4, 0.5) is 5.13 Å². The monoisotopic (exact) mass is 620 g/mol. The number of unbranched alkanes of at least 4 members (excludes halogenated alkanes) is 2. The molecule has 1 amide bonds. The Labute approximate surface area is 253 Å². The van der Waals surface area contributed by atoms with Gasteiger partial charge in [-0.25, -0.2) is 13.4 Å². The van der Waals surface area contributed by atoms with E-state index in [1.165, 1.54) is 11.3 Å². The molecule has 3 aromatic rings. The van der Waals surface area contributed by atoms with Gasteiger partial charge in [-0.2, -0.15) is 4.31 Å². The minimum absolute atomic E-state index is 0.211. The molecule has 41 heavy (non-hydrogen) atoms. The molecular formula is C30H41ClN4O4S2. The van der Waals surface area contributed by atoms with Crippen LogP contribution >= 0.6 is 22.9 Å². The first-order valence-corrected chi connectivity index (χ1v) is 17.2. The van der Waals surface area contributed by atoms with E-state index in [1.54, 1.807) is 33.5 Å². The number of halogens is 1. The number of aryl methyl sites for hydroxylation is 1. The number of ether oxygens (including phenoxy) is 1. The van der Waals surface area contributed by atoms with E-state index in [4.69, 9.17) is 21.3 Å². The van der Waals surface area contributed by atoms with Crippen LogP contribution in [0.15, 0.2) is 41.3 Å². The summed E-state index contributed by atoms with van der Waals surface area (Å²) < 4.78 is 34.8. The van der Waals surface area contributed by atoms with Crippen LogP contribution in [-0.2, 0) is 14.8 Å². The van der Waals surface area contributed by atoms with Crippen LogP contribution in [0.2, 0.25) is 5.02 Å². The van der Waals surface area contributed by atoms with E-state index in [0.29, 0.717) is 35.4 Å². The fourth-order valence-electron chi connectivity index (χ4n) is 4.86. The minimum Gasteiger partial charge on any atom is -0.379 e. The lowest BCUT2D eigenvalue weighted by atomic mass is 10.2. The molecule has 1 aliphatic heterocycles. The highest BCUT2D eigenvalue weighted by atomic mass is 35.5. The van der Waals surface area contributed by atoms with Gasteiger partial charge in [0.1, 0.15) is 0 Å². The molecule has 2 aromatic carbocycles. The molecule has 1 aromatic heterocycles. The Bertz CT molecular complexity index is 1360. The van der Waals surface area contributed by atoms with Gasteiger partial charge in [0.25, 0.3) is 5.91 Å². The van der Waals surface area contributed by atoms with Crippen LogP contribution in [0.5, 0.6) is 0 Å². The zero-order valence-corrected chi connectivity index (χ0v) is 26.7. The number of fused-ring (bicyclic) bond motifs is 1. The molecule has 4 rings (SSSR count). The van der Waals surface area contributed by atoms with Crippen molar-refractivity contribution >= 4 is 54.2 Å². The SMILES string of the molecule is CCCCN(CCCC)S(=O)(=O)c1ccc(C(=O)N(CCCN2CCOCC2)c2nc3c(C)ccc(Cl)c3s2)cc1. The summed E-state index contributed by atoms with van der Waals surface area (Å²) in [6.45, 7) is 11.6. The summed E-state index contributed by atoms with van der Waals surface area (Å²) in [5.41, 5.74) is 2.22. The molecule has 0 aliphatic carbocycles. The van der Waals surface area contributed by atoms with Gasteiger partial charge in [-0.15, -0.1) is 0 Å². The highest BCUT2D eigenvalue weighted by molar-refractivity contribution is 7.89. The molecule has 0 bridgehead atoms. The number of hydrogen-bond acceptors (Lipinski definition) is 7. The number of hydrogen-bond donors (Lipinski definition) is 0. The van der Waals surface area contributed by atoms with Crippen LogP contribution < -0.4 is 4.90 Å². The van der Waals surface area contributed by atoms with Crippen molar-refractivity contribution < 1.29 is 17.9 Å². The zero-order chi connectivity index (χ0) is 29.4. The molecule has 0 atom stereocenters. The van der Waals surface area contributed by atoms with Crippen LogP contribution in [0.1, 0.15) is 61.9 Å². The molecule has 0 spiro atoms. The summed E-state index contributed by atoms with van der Waals surface area (Å²) >= 11 is 7.89. The van der Waals surface area contributed by atoms with Crippen molar-refractivity contribution in [2.45, 2.75) is 57.8 Å². The fraction of sp³-hybridized carbons (Fsp3) is 0.533. The van der Waals surface area contributed by atoms with Crippen molar-refractivity contribution in [1.82, 2.24) is 14.2 Å². The Kier molecular flexibility index (Phi) is 11.6. The summed E-state index contributed by atoms with van der Waals surface area (Å²) in [6.07, 6.45) is 4.23. The Balaban J connectivity index is 1.59. The van der Waals surface area contributed by atoms with E-state index in [9.17, 15) is 13.2 Å². The topological polar surface area (TPSA) is 83.1 Å². The maximum absolute atomic E-state index is 13.9. The van der Waals surface area contributed by atoms with E-state index in [0.717, 1.165) is 80.7 Å². The Morgan fingerprint density at radius 1 is 1.00 bits per heavy atom. The smallest absolute Gasteiger partial charge is 0.260 e. The molecule has 1 aliphatic rings. The molecule has 0 N–H and O–H groups in total. The van der Waals surface area contributed by atoms with E-state index in [-0.39, 0.29) is 10.8 Å². The zero-order valence-electron chi connectivity index (χ0n) is 24.3. The van der Waals surface area contributed by atoms with Crippen LogP contribution in [0, 0.1) is 6.92 Å². The third kappa shape index (κ3) is 7.86. The number of carbonyl (C=O) groups excluding carboxylic acids is 1. The molecule has 224 valence electrons. The van der Waals surface area contributed by atoms with Gasteiger partial charge in [0.15, 0.2) is 5.13 Å². The molecule has 1 fully saturated rings. The van der Waals surface area contributed by atoms with Gasteiger partial charge in [0, 0.05) is 44.8 Å². The first-order chi connectivity index (χ1) is 19.8. The Morgan fingerprint density at radius 3 is 2.27 bits per heavy atom. The predicted molar refractivity (Wildman–Crippen MR) is 168 cm³/mol. The molecule has 0 radical (unpaired) electrons. The van der Waals surface area contributed by atoms with Crippen molar-refractivity contribution in [2.75, 3.05) is 57.4 Å². The molecule has 2 heterocycles. The number of nitrogens with zero attached hydrogens (tertiary/aromatic N) is 4. The summed E-state index contributed by atoms with van der Waals surface area (Å²) in [4.78, 5) is 23.0. The molecular weight excluding hydrogens is 580 g/mol. The fourth-order valence-corrected chi connectivity index (χ4v) is 7.72. The van der Waals surface area contributed by atoms with Crippen molar-refractivity contribution in [2.24, 2.45) is 0 Å². The highest BCUT2D eigenvalue weighted by Crippen LogP contribution is 2.36. The average Bonchev–Trinajstić information content (AvgIpc) is 3.44. The second-order valence-electron chi connectivity index (χ2n) is 10.4. The second kappa shape index (κ2) is 14.9. The van der Waals surface area contributed by atoms with Crippen molar-refractivity contribution in [3.8, 4) is 0 Å². The number of anilines is 1. The van der Waals surface area contributed by atoms with E-state index in [2.05, 4.69) is 18.7 Å². The lowest BCUT2D eigenvalue weighted by molar-refractivity contribution is 0.0376. The van der Waals surface area contributed by atoms with Gasteiger partial charge in [-0.1, -0.05) is 55.7 Å². The molecule has 0 unspecified atom stereocenters. The lowest BCUT2D eigenvalue weighted by Gasteiger charge is -2.27. The Hall–Kier alpha value is -2.08. The average molecular weight is 621 g/mol. The van der Waals surface area contributed by atoms with E-state index >= 15 is 0 Å². The van der Waals surface area contributed by atoms with E-state index in [1.807, 2.05) is 19.1 Å². The standard InChI is InChI=1S/C30H41ClN4O4S2/c1-4-6-16-34(17-7-5-2)41(37,38)25-12-10-24(11-13-25)29(36)35(18-8-15-33-19-21-39-22-20-33)30-32-27-23(3)9-14-26(31)28(27)40-30/h9-14H,4-8,15-22H2,1-3H3. The van der Waals surface area contributed by atoms with Gasteiger partial charge in [0.05, 0.1) is 33.3 Å². The van der Waals surface area contributed by atoms with Crippen LogP contribution in [0.25, 0.3) is 10.2 Å². The number of aromatic nitrogens is 1. The second-order valence-corrected chi connectivity index (χ2v) is 13.8. The number of thiazole rings is 1.